The Bertz CT molecular complexity index is 1180. The lowest BCUT2D eigenvalue weighted by atomic mass is 9.83. The van der Waals surface area contributed by atoms with E-state index in [0.29, 0.717) is 24.5 Å². The fourth-order valence-electron chi connectivity index (χ4n) is 6.94. The lowest BCUT2D eigenvalue weighted by Gasteiger charge is -2.31. The number of nitrogens with zero attached hydrogens (tertiary/aromatic N) is 1. The molecule has 36 heavy (non-hydrogen) atoms. The van der Waals surface area contributed by atoms with Crippen molar-refractivity contribution in [2.75, 3.05) is 19.8 Å². The lowest BCUT2D eigenvalue weighted by Crippen LogP contribution is -2.48. The molecule has 0 radical (unpaired) electrons. The van der Waals surface area contributed by atoms with Gasteiger partial charge in [-0.05, 0) is 87.0 Å². The van der Waals surface area contributed by atoms with Gasteiger partial charge in [-0.3, -0.25) is 4.79 Å². The van der Waals surface area contributed by atoms with Crippen molar-refractivity contribution in [2.24, 2.45) is 5.92 Å². The molecular formula is C31H40N2O3. The van der Waals surface area contributed by atoms with Crippen molar-refractivity contribution in [1.29, 1.82) is 0 Å². The van der Waals surface area contributed by atoms with E-state index in [1.54, 1.807) is 0 Å². The van der Waals surface area contributed by atoms with Gasteiger partial charge in [0.05, 0.1) is 31.4 Å². The van der Waals surface area contributed by atoms with Crippen LogP contribution in [0.4, 0.5) is 0 Å². The van der Waals surface area contributed by atoms with Crippen LogP contribution in [0.1, 0.15) is 98.3 Å². The van der Waals surface area contributed by atoms with Gasteiger partial charge in [0.15, 0.2) is 0 Å². The van der Waals surface area contributed by atoms with E-state index in [9.17, 15) is 4.79 Å². The fourth-order valence-corrected chi connectivity index (χ4v) is 6.94. The molecule has 0 bridgehead atoms. The van der Waals surface area contributed by atoms with Crippen LogP contribution in [0.3, 0.4) is 0 Å². The normalized spacial score (nSPS) is 24.1. The Kier molecular flexibility index (Phi) is 5.32. The highest BCUT2D eigenvalue weighted by Gasteiger charge is 2.51. The SMILES string of the molecule is Cc1c(C(=O)NC2COC2)cc(-c2cc(C3(C)CC3)c3c(c2)C2(CCO3)CC2)n1CC1CCCCC1. The van der Waals surface area contributed by atoms with Gasteiger partial charge in [-0.2, -0.15) is 0 Å². The van der Waals surface area contributed by atoms with Crippen LogP contribution in [0.15, 0.2) is 18.2 Å². The largest absolute Gasteiger partial charge is 0.493 e. The maximum Gasteiger partial charge on any atom is 0.253 e. The number of ether oxygens (including phenoxy) is 2. The standard InChI is InChI=1S/C31H40N2O3/c1-20-24(29(34)32-23-18-35-19-23)16-27(33(20)17-21-6-4-3-5-7-21)22-14-25(30(2)8-9-30)28-26(15-22)31(10-11-31)12-13-36-28/h14-16,21,23H,3-13,17-19H2,1-2H3,(H,32,34). The van der Waals surface area contributed by atoms with Crippen molar-refractivity contribution in [3.63, 3.8) is 0 Å². The molecule has 1 amide bonds. The summed E-state index contributed by atoms with van der Waals surface area (Å²) >= 11 is 0. The zero-order chi connectivity index (χ0) is 24.5. The number of hydrogen-bond acceptors (Lipinski definition) is 3. The second kappa shape index (κ2) is 8.37. The van der Waals surface area contributed by atoms with E-state index >= 15 is 0 Å². The minimum absolute atomic E-state index is 0.0405. The average Bonchev–Trinajstić information content (AvgIpc) is 3.78. The van der Waals surface area contributed by atoms with Crippen LogP contribution in [-0.4, -0.2) is 36.3 Å². The third-order valence-electron chi connectivity index (χ3n) is 10.0. The second-order valence-electron chi connectivity index (χ2n) is 12.7. The van der Waals surface area contributed by atoms with E-state index in [1.807, 2.05) is 0 Å². The van der Waals surface area contributed by atoms with Crippen molar-refractivity contribution in [1.82, 2.24) is 9.88 Å². The number of hydrogen-bond donors (Lipinski definition) is 1. The Morgan fingerprint density at radius 3 is 2.44 bits per heavy atom. The first kappa shape index (κ1) is 22.9. The molecule has 3 aliphatic carbocycles. The van der Waals surface area contributed by atoms with Gasteiger partial charge >= 0.3 is 0 Å². The van der Waals surface area contributed by atoms with Gasteiger partial charge in [0.2, 0.25) is 0 Å². The molecule has 5 aliphatic rings. The molecule has 1 spiro atoms. The summed E-state index contributed by atoms with van der Waals surface area (Å²) in [5.74, 6) is 1.92. The van der Waals surface area contributed by atoms with Gasteiger partial charge in [0.25, 0.3) is 5.91 Å². The third-order valence-corrected chi connectivity index (χ3v) is 10.0. The van der Waals surface area contributed by atoms with Gasteiger partial charge in [0, 0.05) is 34.5 Å². The summed E-state index contributed by atoms with van der Waals surface area (Å²) in [7, 11) is 0. The summed E-state index contributed by atoms with van der Waals surface area (Å²) in [6.45, 7) is 7.64. The predicted molar refractivity (Wildman–Crippen MR) is 141 cm³/mol. The van der Waals surface area contributed by atoms with E-state index in [0.717, 1.165) is 30.8 Å². The Balaban J connectivity index is 1.34. The number of aromatic nitrogens is 1. The number of nitrogens with one attached hydrogen (secondary N) is 1. The third kappa shape index (κ3) is 3.81. The number of rotatable bonds is 6. The quantitative estimate of drug-likeness (QED) is 0.539. The van der Waals surface area contributed by atoms with E-state index in [2.05, 4.69) is 41.9 Å². The summed E-state index contributed by atoms with van der Waals surface area (Å²) in [5, 5.41) is 3.19. The van der Waals surface area contributed by atoms with Crippen LogP contribution in [0, 0.1) is 12.8 Å². The van der Waals surface area contributed by atoms with E-state index < -0.39 is 0 Å². The number of benzene rings is 1. The molecule has 192 valence electrons. The summed E-state index contributed by atoms with van der Waals surface area (Å²) in [6, 6.07) is 7.17. The van der Waals surface area contributed by atoms with Crippen LogP contribution in [0.25, 0.3) is 11.3 Å². The molecule has 5 nitrogen and oxygen atoms in total. The molecule has 1 aromatic carbocycles. The Morgan fingerprint density at radius 1 is 1.03 bits per heavy atom. The van der Waals surface area contributed by atoms with Crippen molar-refractivity contribution < 1.29 is 14.3 Å². The Hall–Kier alpha value is -2.27. The molecule has 3 heterocycles. The molecule has 1 N–H and O–H groups in total. The number of amides is 1. The van der Waals surface area contributed by atoms with Crippen LogP contribution >= 0.6 is 0 Å². The fraction of sp³-hybridized carbons (Fsp3) is 0.645. The predicted octanol–water partition coefficient (Wildman–Crippen LogP) is 6.04. The van der Waals surface area contributed by atoms with Crippen molar-refractivity contribution in [2.45, 2.75) is 101 Å². The first-order valence-corrected chi connectivity index (χ1v) is 14.4. The zero-order valence-corrected chi connectivity index (χ0v) is 22.0. The number of carbonyl (C=O) groups excluding carboxylic acids is 1. The topological polar surface area (TPSA) is 52.5 Å². The first-order chi connectivity index (χ1) is 17.5. The second-order valence-corrected chi connectivity index (χ2v) is 12.7. The molecule has 0 unspecified atom stereocenters. The molecule has 2 aliphatic heterocycles. The molecule has 5 heteroatoms. The van der Waals surface area contributed by atoms with Crippen molar-refractivity contribution in [3.05, 3.63) is 40.6 Å². The highest BCUT2D eigenvalue weighted by atomic mass is 16.5. The summed E-state index contributed by atoms with van der Waals surface area (Å²) in [4.78, 5) is 13.3. The van der Waals surface area contributed by atoms with E-state index in [1.165, 1.54) is 85.9 Å². The molecule has 2 aromatic rings. The van der Waals surface area contributed by atoms with E-state index in [4.69, 9.17) is 9.47 Å². The summed E-state index contributed by atoms with van der Waals surface area (Å²) in [6.07, 6.45) is 12.8. The van der Waals surface area contributed by atoms with Crippen molar-refractivity contribution >= 4 is 5.91 Å². The minimum Gasteiger partial charge on any atom is -0.493 e. The zero-order valence-electron chi connectivity index (χ0n) is 22.0. The van der Waals surface area contributed by atoms with Crippen LogP contribution < -0.4 is 10.1 Å². The number of fused-ring (bicyclic) bond motifs is 2. The van der Waals surface area contributed by atoms with Gasteiger partial charge in [-0.15, -0.1) is 0 Å². The van der Waals surface area contributed by atoms with Gasteiger partial charge < -0.3 is 19.4 Å². The maximum atomic E-state index is 13.3. The molecular weight excluding hydrogens is 448 g/mol. The lowest BCUT2D eigenvalue weighted by molar-refractivity contribution is -0.00347. The first-order valence-electron chi connectivity index (χ1n) is 14.4. The number of carbonyl (C=O) groups is 1. The maximum absolute atomic E-state index is 13.3. The minimum atomic E-state index is 0.0405. The molecule has 1 saturated heterocycles. The van der Waals surface area contributed by atoms with Crippen LogP contribution in [0.5, 0.6) is 5.75 Å². The van der Waals surface area contributed by atoms with Crippen LogP contribution in [-0.2, 0) is 22.1 Å². The monoisotopic (exact) mass is 488 g/mol. The van der Waals surface area contributed by atoms with Gasteiger partial charge in [-0.1, -0.05) is 26.2 Å². The summed E-state index contributed by atoms with van der Waals surface area (Å²) in [5.41, 5.74) is 7.81. The smallest absolute Gasteiger partial charge is 0.253 e. The summed E-state index contributed by atoms with van der Waals surface area (Å²) < 4.78 is 14.2. The Morgan fingerprint density at radius 2 is 1.78 bits per heavy atom. The highest BCUT2D eigenvalue weighted by Crippen LogP contribution is 2.61. The van der Waals surface area contributed by atoms with Gasteiger partial charge in [-0.25, -0.2) is 0 Å². The molecule has 7 rings (SSSR count). The van der Waals surface area contributed by atoms with E-state index in [-0.39, 0.29) is 17.4 Å². The molecule has 3 saturated carbocycles. The van der Waals surface area contributed by atoms with Crippen molar-refractivity contribution in [3.8, 4) is 17.0 Å². The Labute approximate surface area is 214 Å². The molecule has 1 aromatic heterocycles. The average molecular weight is 489 g/mol. The van der Waals surface area contributed by atoms with Crippen LogP contribution in [0.2, 0.25) is 0 Å². The molecule has 4 fully saturated rings. The van der Waals surface area contributed by atoms with Gasteiger partial charge in [0.1, 0.15) is 5.75 Å². The molecule has 0 atom stereocenters. The highest BCUT2D eigenvalue weighted by molar-refractivity contribution is 5.97.